The zero-order valence-electron chi connectivity index (χ0n) is 13.7. The summed E-state index contributed by atoms with van der Waals surface area (Å²) in [5, 5.41) is 2.17. The van der Waals surface area contributed by atoms with Gasteiger partial charge in [0.15, 0.2) is 0 Å². The number of rotatable bonds is 9. The van der Waals surface area contributed by atoms with Crippen LogP contribution < -0.4 is 10.4 Å². The molecule has 0 radical (unpaired) electrons. The minimum atomic E-state index is 0.959. The lowest BCUT2D eigenvalue weighted by atomic mass is 10.2. The molecule has 0 aliphatic carbocycles. The van der Waals surface area contributed by atoms with Gasteiger partial charge in [-0.15, -0.1) is 0 Å². The van der Waals surface area contributed by atoms with Crippen LogP contribution in [0.25, 0.3) is 0 Å². The van der Waals surface area contributed by atoms with Crippen LogP contribution in [0.5, 0.6) is 0 Å². The van der Waals surface area contributed by atoms with Crippen LogP contribution >= 0.6 is 0 Å². The number of anilines is 2. The average Bonchev–Trinajstić information content (AvgIpc) is 2.60. The molecule has 0 unspecified atom stereocenters. The number of para-hydroxylation sites is 2. The first-order chi connectivity index (χ1) is 10.8. The van der Waals surface area contributed by atoms with Crippen molar-refractivity contribution in [2.75, 3.05) is 31.2 Å². The van der Waals surface area contributed by atoms with Gasteiger partial charge in [0.1, 0.15) is 0 Å². The third kappa shape index (κ3) is 4.86. The first-order valence-electron chi connectivity index (χ1n) is 8.21. The van der Waals surface area contributed by atoms with Crippen LogP contribution in [0.15, 0.2) is 60.7 Å². The van der Waals surface area contributed by atoms with Crippen LogP contribution in [-0.2, 0) is 0 Å². The van der Waals surface area contributed by atoms with Crippen molar-refractivity contribution in [3.05, 3.63) is 60.7 Å². The largest absolute Gasteiger partial charge is 0.304 e. The van der Waals surface area contributed by atoms with E-state index in [9.17, 15) is 0 Å². The molecule has 118 valence electrons. The van der Waals surface area contributed by atoms with Gasteiger partial charge < -0.3 is 4.90 Å². The third-order valence-electron chi connectivity index (χ3n) is 3.84. The van der Waals surface area contributed by atoms with Crippen LogP contribution in [0.2, 0.25) is 0 Å². The molecular formula is C19H27N3. The number of hydrogen-bond acceptors (Lipinski definition) is 3. The molecule has 0 atom stereocenters. The molecule has 2 aromatic rings. The second-order valence-corrected chi connectivity index (χ2v) is 5.30. The molecule has 0 amide bonds. The van der Waals surface area contributed by atoms with E-state index in [-0.39, 0.29) is 0 Å². The summed E-state index contributed by atoms with van der Waals surface area (Å²) in [6, 6.07) is 20.9. The van der Waals surface area contributed by atoms with E-state index in [0.29, 0.717) is 0 Å². The van der Waals surface area contributed by atoms with E-state index in [0.717, 1.165) is 44.0 Å². The Kier molecular flexibility index (Phi) is 6.94. The van der Waals surface area contributed by atoms with Crippen molar-refractivity contribution in [2.24, 2.45) is 0 Å². The van der Waals surface area contributed by atoms with E-state index in [2.05, 4.69) is 77.7 Å². The van der Waals surface area contributed by atoms with Crippen molar-refractivity contribution in [1.82, 2.24) is 10.3 Å². The lowest BCUT2D eigenvalue weighted by Crippen LogP contribution is -2.36. The Bertz CT molecular complexity index is 469. The number of benzene rings is 2. The van der Waals surface area contributed by atoms with Gasteiger partial charge in [-0.3, -0.25) is 5.01 Å². The van der Waals surface area contributed by atoms with Gasteiger partial charge in [0.05, 0.1) is 11.4 Å². The highest BCUT2D eigenvalue weighted by atomic mass is 15.5. The van der Waals surface area contributed by atoms with E-state index in [1.807, 2.05) is 12.1 Å². The van der Waals surface area contributed by atoms with E-state index in [4.69, 9.17) is 0 Å². The van der Waals surface area contributed by atoms with Crippen molar-refractivity contribution in [1.29, 1.82) is 0 Å². The van der Waals surface area contributed by atoms with Gasteiger partial charge in [-0.25, -0.2) is 5.43 Å². The highest BCUT2D eigenvalue weighted by molar-refractivity contribution is 5.61. The molecule has 3 heteroatoms. The molecule has 3 nitrogen and oxygen atoms in total. The van der Waals surface area contributed by atoms with Gasteiger partial charge in [-0.05, 0) is 50.3 Å². The Hall–Kier alpha value is -1.84. The molecule has 0 aromatic heterocycles. The molecule has 0 bridgehead atoms. The second kappa shape index (κ2) is 9.23. The van der Waals surface area contributed by atoms with Crippen LogP contribution in [0.4, 0.5) is 11.4 Å². The highest BCUT2D eigenvalue weighted by Gasteiger charge is 2.08. The Morgan fingerprint density at radius 1 is 0.773 bits per heavy atom. The zero-order valence-corrected chi connectivity index (χ0v) is 13.7. The van der Waals surface area contributed by atoms with Gasteiger partial charge in [-0.1, -0.05) is 50.2 Å². The molecule has 1 N–H and O–H groups in total. The first kappa shape index (κ1) is 16.5. The number of nitrogens with zero attached hydrogens (tertiary/aromatic N) is 2. The maximum absolute atomic E-state index is 3.56. The molecule has 0 aliphatic rings. The fourth-order valence-electron chi connectivity index (χ4n) is 2.52. The van der Waals surface area contributed by atoms with Crippen LogP contribution in [-0.4, -0.2) is 31.1 Å². The summed E-state index contributed by atoms with van der Waals surface area (Å²) in [4.78, 5) is 2.46. The monoisotopic (exact) mass is 297 g/mol. The molecule has 0 saturated heterocycles. The normalized spacial score (nSPS) is 10.9. The van der Waals surface area contributed by atoms with Crippen molar-refractivity contribution in [3.8, 4) is 0 Å². The fraction of sp³-hybridized carbons (Fsp3) is 0.368. The van der Waals surface area contributed by atoms with Crippen LogP contribution in [0.3, 0.4) is 0 Å². The summed E-state index contributed by atoms with van der Waals surface area (Å²) >= 11 is 0. The molecule has 22 heavy (non-hydrogen) atoms. The summed E-state index contributed by atoms with van der Waals surface area (Å²) in [5.74, 6) is 0. The summed E-state index contributed by atoms with van der Waals surface area (Å²) in [6.45, 7) is 8.78. The van der Waals surface area contributed by atoms with Crippen LogP contribution in [0.1, 0.15) is 20.3 Å². The molecule has 0 heterocycles. The van der Waals surface area contributed by atoms with Gasteiger partial charge in [-0.2, -0.15) is 0 Å². The third-order valence-corrected chi connectivity index (χ3v) is 3.84. The smallest absolute Gasteiger partial charge is 0.0577 e. The predicted molar refractivity (Wildman–Crippen MR) is 95.4 cm³/mol. The second-order valence-electron chi connectivity index (χ2n) is 5.30. The average molecular weight is 297 g/mol. The standard InChI is InChI=1S/C19H27N3/c1-3-21(4-2)17-11-16-20-22(18-12-7-5-8-13-18)19-14-9-6-10-15-19/h5-10,12-15,20H,3-4,11,16-17H2,1-2H3. The molecule has 0 saturated carbocycles. The first-order valence-corrected chi connectivity index (χ1v) is 8.21. The molecule has 2 rings (SSSR count). The summed E-state index contributed by atoms with van der Waals surface area (Å²) in [6.07, 6.45) is 1.14. The Morgan fingerprint density at radius 2 is 1.27 bits per heavy atom. The van der Waals surface area contributed by atoms with Crippen LogP contribution in [0, 0.1) is 0 Å². The van der Waals surface area contributed by atoms with Gasteiger partial charge in [0.25, 0.3) is 0 Å². The Balaban J connectivity index is 1.98. The summed E-state index contributed by atoms with van der Waals surface area (Å²) in [5.41, 5.74) is 5.89. The maximum atomic E-state index is 3.56. The van der Waals surface area contributed by atoms with Gasteiger partial charge in [0, 0.05) is 6.54 Å². The molecule has 2 aromatic carbocycles. The fourth-order valence-corrected chi connectivity index (χ4v) is 2.52. The number of hydrazine groups is 1. The van der Waals surface area contributed by atoms with Crippen molar-refractivity contribution >= 4 is 11.4 Å². The lowest BCUT2D eigenvalue weighted by Gasteiger charge is -2.26. The molecule has 0 aliphatic heterocycles. The van der Waals surface area contributed by atoms with E-state index < -0.39 is 0 Å². The number of hydrogen-bond donors (Lipinski definition) is 1. The Labute approximate surface area is 134 Å². The zero-order chi connectivity index (χ0) is 15.6. The van der Waals surface area contributed by atoms with Gasteiger partial charge >= 0.3 is 0 Å². The van der Waals surface area contributed by atoms with Crippen molar-refractivity contribution in [3.63, 3.8) is 0 Å². The van der Waals surface area contributed by atoms with Crippen molar-refractivity contribution in [2.45, 2.75) is 20.3 Å². The summed E-state index contributed by atoms with van der Waals surface area (Å²) < 4.78 is 0. The Morgan fingerprint density at radius 3 is 1.73 bits per heavy atom. The minimum absolute atomic E-state index is 0.959. The maximum Gasteiger partial charge on any atom is 0.0577 e. The highest BCUT2D eigenvalue weighted by Crippen LogP contribution is 2.22. The predicted octanol–water partition coefficient (Wildman–Crippen LogP) is 4.06. The van der Waals surface area contributed by atoms with E-state index in [1.165, 1.54) is 0 Å². The van der Waals surface area contributed by atoms with E-state index in [1.54, 1.807) is 0 Å². The SMILES string of the molecule is CCN(CC)CCCNN(c1ccccc1)c1ccccc1. The number of nitrogens with one attached hydrogen (secondary N) is 1. The molecular weight excluding hydrogens is 270 g/mol. The van der Waals surface area contributed by atoms with Gasteiger partial charge in [0.2, 0.25) is 0 Å². The van der Waals surface area contributed by atoms with E-state index >= 15 is 0 Å². The molecule has 0 spiro atoms. The minimum Gasteiger partial charge on any atom is -0.304 e. The lowest BCUT2D eigenvalue weighted by molar-refractivity contribution is 0.298. The quantitative estimate of drug-likeness (QED) is 0.556. The summed E-state index contributed by atoms with van der Waals surface area (Å²) in [7, 11) is 0. The van der Waals surface area contributed by atoms with Crippen molar-refractivity contribution < 1.29 is 0 Å². The topological polar surface area (TPSA) is 18.5 Å². The molecule has 0 fully saturated rings.